The fourth-order valence-corrected chi connectivity index (χ4v) is 3.22. The largest absolute Gasteiger partial charge is 0.411 e. The zero-order chi connectivity index (χ0) is 20.0. The first-order valence-electron chi connectivity index (χ1n) is 8.34. The standard InChI is InChI=1S/C17H22ClF3N4OS/c1-12(24(2)3)15-22-23-16(25(15)14-7-5-13(18)6-8-14)27-10-4-9-26-11-17(19,20)21/h5-8,12H,4,9-11H2,1-3H3. The van der Waals surface area contributed by atoms with E-state index >= 15 is 0 Å². The molecule has 1 heterocycles. The van der Waals surface area contributed by atoms with Gasteiger partial charge in [-0.1, -0.05) is 23.4 Å². The van der Waals surface area contributed by atoms with Crippen LogP contribution in [0.15, 0.2) is 29.4 Å². The second-order valence-electron chi connectivity index (χ2n) is 6.16. The molecule has 0 bridgehead atoms. The van der Waals surface area contributed by atoms with E-state index in [1.807, 2.05) is 42.6 Å². The second-order valence-corrected chi connectivity index (χ2v) is 7.66. The Bertz CT molecular complexity index is 722. The highest BCUT2D eigenvalue weighted by atomic mass is 35.5. The molecule has 0 amide bonds. The molecule has 0 N–H and O–H groups in total. The van der Waals surface area contributed by atoms with Gasteiger partial charge in [-0.2, -0.15) is 13.2 Å². The molecule has 0 saturated carbocycles. The van der Waals surface area contributed by atoms with E-state index in [-0.39, 0.29) is 12.6 Å². The van der Waals surface area contributed by atoms with Crippen molar-refractivity contribution in [3.8, 4) is 5.69 Å². The first kappa shape index (κ1) is 22.0. The predicted octanol–water partition coefficient (Wildman–Crippen LogP) is 4.60. The van der Waals surface area contributed by atoms with Gasteiger partial charge < -0.3 is 4.74 Å². The van der Waals surface area contributed by atoms with Crippen molar-refractivity contribution >= 4 is 23.4 Å². The van der Waals surface area contributed by atoms with Gasteiger partial charge in [0.25, 0.3) is 0 Å². The zero-order valence-electron chi connectivity index (χ0n) is 15.3. The minimum atomic E-state index is -4.29. The molecule has 0 aliphatic rings. The van der Waals surface area contributed by atoms with Crippen LogP contribution in [-0.2, 0) is 4.74 Å². The minimum Gasteiger partial charge on any atom is -0.372 e. The number of aromatic nitrogens is 3. The third-order valence-electron chi connectivity index (χ3n) is 3.82. The molecule has 2 rings (SSSR count). The van der Waals surface area contributed by atoms with E-state index in [1.165, 1.54) is 11.8 Å². The van der Waals surface area contributed by atoms with Crippen LogP contribution < -0.4 is 0 Å². The highest BCUT2D eigenvalue weighted by Gasteiger charge is 2.27. The number of rotatable bonds is 9. The Kier molecular flexibility index (Phi) is 7.96. The molecule has 1 atom stereocenters. The van der Waals surface area contributed by atoms with Gasteiger partial charge in [0.05, 0.1) is 6.04 Å². The van der Waals surface area contributed by atoms with Gasteiger partial charge in [-0.3, -0.25) is 9.47 Å². The van der Waals surface area contributed by atoms with Crippen molar-refractivity contribution in [2.75, 3.05) is 33.1 Å². The molecule has 10 heteroatoms. The summed E-state index contributed by atoms with van der Waals surface area (Å²) in [4.78, 5) is 2.02. The average Bonchev–Trinajstić information content (AvgIpc) is 3.00. The monoisotopic (exact) mass is 422 g/mol. The number of hydrogen-bond donors (Lipinski definition) is 0. The summed E-state index contributed by atoms with van der Waals surface area (Å²) < 4.78 is 42.8. The van der Waals surface area contributed by atoms with Crippen LogP contribution in [0.1, 0.15) is 25.2 Å². The lowest BCUT2D eigenvalue weighted by atomic mass is 10.2. The van der Waals surface area contributed by atoms with Crippen molar-refractivity contribution in [2.24, 2.45) is 0 Å². The van der Waals surface area contributed by atoms with Crippen LogP contribution >= 0.6 is 23.4 Å². The topological polar surface area (TPSA) is 43.2 Å². The van der Waals surface area contributed by atoms with Crippen LogP contribution in [-0.4, -0.2) is 58.9 Å². The van der Waals surface area contributed by atoms with Crippen LogP contribution in [0.3, 0.4) is 0 Å². The van der Waals surface area contributed by atoms with E-state index in [4.69, 9.17) is 11.6 Å². The number of thioether (sulfide) groups is 1. The molecular formula is C17H22ClF3N4OS. The SMILES string of the molecule is CC(c1nnc(SCCCOCC(F)(F)F)n1-c1ccc(Cl)cc1)N(C)C. The first-order chi connectivity index (χ1) is 12.7. The highest BCUT2D eigenvalue weighted by Crippen LogP contribution is 2.27. The maximum absolute atomic E-state index is 12.1. The summed E-state index contributed by atoms with van der Waals surface area (Å²) in [6, 6.07) is 7.38. The maximum Gasteiger partial charge on any atom is 0.411 e. The molecule has 0 aliphatic heterocycles. The molecule has 150 valence electrons. The van der Waals surface area contributed by atoms with Crippen LogP contribution in [0.4, 0.5) is 13.2 Å². The molecule has 2 aromatic rings. The Morgan fingerprint density at radius 2 is 1.89 bits per heavy atom. The summed E-state index contributed by atoms with van der Waals surface area (Å²) in [5, 5.41) is 9.90. The number of alkyl halides is 3. The molecular weight excluding hydrogens is 401 g/mol. The fraction of sp³-hybridized carbons (Fsp3) is 0.529. The van der Waals surface area contributed by atoms with Crippen LogP contribution in [0.5, 0.6) is 0 Å². The van der Waals surface area contributed by atoms with Crippen LogP contribution in [0.25, 0.3) is 5.69 Å². The molecule has 1 unspecified atom stereocenters. The van der Waals surface area contributed by atoms with E-state index in [1.54, 1.807) is 12.1 Å². The molecule has 0 aliphatic carbocycles. The highest BCUT2D eigenvalue weighted by molar-refractivity contribution is 7.99. The van der Waals surface area contributed by atoms with Gasteiger partial charge in [0.15, 0.2) is 11.0 Å². The van der Waals surface area contributed by atoms with Crippen molar-refractivity contribution in [3.05, 3.63) is 35.1 Å². The number of hydrogen-bond acceptors (Lipinski definition) is 5. The van der Waals surface area contributed by atoms with E-state index in [9.17, 15) is 13.2 Å². The normalized spacial score (nSPS) is 13.3. The van der Waals surface area contributed by atoms with Gasteiger partial charge in [0.1, 0.15) is 6.61 Å². The Labute approximate surface area is 165 Å². The average molecular weight is 423 g/mol. The summed E-state index contributed by atoms with van der Waals surface area (Å²) >= 11 is 7.41. The third kappa shape index (κ3) is 6.67. The molecule has 0 radical (unpaired) electrons. The van der Waals surface area contributed by atoms with Crippen LogP contribution in [0.2, 0.25) is 5.02 Å². The number of nitrogens with zero attached hydrogens (tertiary/aromatic N) is 4. The smallest absolute Gasteiger partial charge is 0.372 e. The van der Waals surface area contributed by atoms with E-state index in [0.717, 1.165) is 11.5 Å². The van der Waals surface area contributed by atoms with Gasteiger partial charge in [0, 0.05) is 23.1 Å². The molecule has 27 heavy (non-hydrogen) atoms. The van der Waals surface area contributed by atoms with Gasteiger partial charge >= 0.3 is 6.18 Å². The number of benzene rings is 1. The Balaban J connectivity index is 2.08. The predicted molar refractivity (Wildman–Crippen MR) is 101 cm³/mol. The van der Waals surface area contributed by atoms with Gasteiger partial charge in [-0.05, 0) is 51.7 Å². The first-order valence-corrected chi connectivity index (χ1v) is 9.70. The lowest BCUT2D eigenvalue weighted by molar-refractivity contribution is -0.173. The Morgan fingerprint density at radius 3 is 2.48 bits per heavy atom. The quantitative estimate of drug-likeness (QED) is 0.436. The van der Waals surface area contributed by atoms with Gasteiger partial charge in [-0.15, -0.1) is 10.2 Å². The zero-order valence-corrected chi connectivity index (χ0v) is 16.9. The van der Waals surface area contributed by atoms with Gasteiger partial charge in [0.2, 0.25) is 0 Å². The van der Waals surface area contributed by atoms with Gasteiger partial charge in [-0.25, -0.2) is 0 Å². The minimum absolute atomic E-state index is 0.0256. The summed E-state index contributed by atoms with van der Waals surface area (Å²) in [6.07, 6.45) is -3.81. The van der Waals surface area contributed by atoms with Crippen molar-refractivity contribution in [2.45, 2.75) is 30.7 Å². The number of ether oxygens (including phenoxy) is 1. The van der Waals surface area contributed by atoms with Crippen molar-refractivity contribution in [1.82, 2.24) is 19.7 Å². The van der Waals surface area contributed by atoms with E-state index in [2.05, 4.69) is 14.9 Å². The van der Waals surface area contributed by atoms with Crippen molar-refractivity contribution in [1.29, 1.82) is 0 Å². The lowest BCUT2D eigenvalue weighted by Gasteiger charge is -2.20. The molecule has 0 fully saturated rings. The fourth-order valence-electron chi connectivity index (χ4n) is 2.22. The number of halogens is 4. The third-order valence-corrected chi connectivity index (χ3v) is 5.09. The lowest BCUT2D eigenvalue weighted by Crippen LogP contribution is -2.20. The molecule has 0 spiro atoms. The second kappa shape index (κ2) is 9.77. The summed E-state index contributed by atoms with van der Waals surface area (Å²) in [5.41, 5.74) is 0.879. The molecule has 0 saturated heterocycles. The van der Waals surface area contributed by atoms with E-state index < -0.39 is 12.8 Å². The van der Waals surface area contributed by atoms with E-state index in [0.29, 0.717) is 22.4 Å². The molecule has 1 aromatic heterocycles. The summed E-state index contributed by atoms with van der Waals surface area (Å²) in [6.45, 7) is 0.849. The molecule has 1 aromatic carbocycles. The Morgan fingerprint density at radius 1 is 1.22 bits per heavy atom. The Hall–Kier alpha value is -1.29. The maximum atomic E-state index is 12.1. The van der Waals surface area contributed by atoms with Crippen molar-refractivity contribution in [3.63, 3.8) is 0 Å². The molecule has 5 nitrogen and oxygen atoms in total. The summed E-state index contributed by atoms with van der Waals surface area (Å²) in [5.74, 6) is 1.35. The van der Waals surface area contributed by atoms with Crippen molar-refractivity contribution < 1.29 is 17.9 Å². The summed E-state index contributed by atoms with van der Waals surface area (Å²) in [7, 11) is 3.91. The van der Waals surface area contributed by atoms with Crippen LogP contribution in [0, 0.1) is 0 Å².